The van der Waals surface area contributed by atoms with Crippen molar-refractivity contribution in [1.82, 2.24) is 0 Å². The van der Waals surface area contributed by atoms with Crippen LogP contribution in [-0.4, -0.2) is 30.2 Å². The van der Waals surface area contributed by atoms with Gasteiger partial charge >= 0.3 is 0 Å². The smallest absolute Gasteiger partial charge is 0.117 e. The molecule has 0 saturated carbocycles. The number of hydrogen-bond donors (Lipinski definition) is 0. The average molecular weight is 893 g/mol. The second-order valence-electron chi connectivity index (χ2n) is 21.5. The standard InChI is InChI=1S/C61H76N2Si2/c1-11-13-15-17-19-21-35-61(36-22-20-18-16-14-12-2)51-39-45(47-27-33-55-59(41-47)64(7,8)57-37-43(3)23-31-53(57)62(55)5)25-29-49(51)50-30-26-46(40-52(50)61)48-28-34-56-60(42-48)65(9,10)58-38-44(4)24-32-54(58)63(56)6/h23-34,37-42H,11-22,35-36H2,1-10H3. The fourth-order valence-corrected chi connectivity index (χ4v) is 18.7. The maximum absolute atomic E-state index is 2.67. The summed E-state index contributed by atoms with van der Waals surface area (Å²) in [7, 11) is 0.618. The van der Waals surface area contributed by atoms with Crippen molar-refractivity contribution in [2.24, 2.45) is 0 Å². The van der Waals surface area contributed by atoms with E-state index in [-0.39, 0.29) is 5.41 Å². The molecule has 0 unspecified atom stereocenters. The number of fused-ring (bicyclic) bond motifs is 7. The zero-order valence-electron chi connectivity index (χ0n) is 41.7. The van der Waals surface area contributed by atoms with Crippen LogP contribution in [0.2, 0.25) is 26.2 Å². The lowest BCUT2D eigenvalue weighted by Crippen LogP contribution is -2.58. The Labute approximate surface area is 395 Å². The summed E-state index contributed by atoms with van der Waals surface area (Å²) in [5, 5.41) is 6.21. The number of anilines is 4. The predicted molar refractivity (Wildman–Crippen MR) is 291 cm³/mol. The summed E-state index contributed by atoms with van der Waals surface area (Å²) in [4.78, 5) is 4.89. The Kier molecular flexibility index (Phi) is 12.7. The zero-order valence-corrected chi connectivity index (χ0v) is 43.7. The first-order valence-corrected chi connectivity index (χ1v) is 31.6. The molecule has 6 aromatic rings. The minimum Gasteiger partial charge on any atom is -0.345 e. The lowest BCUT2D eigenvalue weighted by Gasteiger charge is -2.39. The number of hydrogen-bond acceptors (Lipinski definition) is 2. The van der Waals surface area contributed by atoms with Gasteiger partial charge in [0.1, 0.15) is 16.1 Å². The Balaban J connectivity index is 1.15. The van der Waals surface area contributed by atoms with Gasteiger partial charge in [0, 0.05) is 42.3 Å². The van der Waals surface area contributed by atoms with Gasteiger partial charge in [0.15, 0.2) is 0 Å². The topological polar surface area (TPSA) is 6.48 Å². The van der Waals surface area contributed by atoms with Crippen LogP contribution in [0.15, 0.2) is 109 Å². The van der Waals surface area contributed by atoms with Crippen LogP contribution in [0.4, 0.5) is 22.7 Å². The van der Waals surface area contributed by atoms with Crippen LogP contribution < -0.4 is 30.5 Å². The molecule has 0 bridgehead atoms. The maximum Gasteiger partial charge on any atom is 0.117 e. The summed E-state index contributed by atoms with van der Waals surface area (Å²) < 4.78 is 0. The first-order chi connectivity index (χ1) is 31.3. The van der Waals surface area contributed by atoms with Gasteiger partial charge in [-0.15, -0.1) is 0 Å². The average Bonchev–Trinajstić information content (AvgIpc) is 3.57. The molecule has 0 spiro atoms. The van der Waals surface area contributed by atoms with Crippen molar-refractivity contribution in [3.63, 3.8) is 0 Å². The molecule has 65 heavy (non-hydrogen) atoms. The molecule has 3 aliphatic rings. The largest absolute Gasteiger partial charge is 0.345 e. The number of benzene rings is 6. The molecule has 9 rings (SSSR count). The Morgan fingerprint density at radius 3 is 1.11 bits per heavy atom. The number of aryl methyl sites for hydroxylation is 2. The van der Waals surface area contributed by atoms with Crippen LogP contribution in [0.5, 0.6) is 0 Å². The van der Waals surface area contributed by atoms with E-state index in [4.69, 9.17) is 0 Å². The van der Waals surface area contributed by atoms with Crippen LogP contribution in [-0.2, 0) is 5.41 Å². The van der Waals surface area contributed by atoms with Crippen molar-refractivity contribution in [3.8, 4) is 33.4 Å². The molecule has 0 fully saturated rings. The van der Waals surface area contributed by atoms with Gasteiger partial charge in [-0.2, -0.15) is 0 Å². The van der Waals surface area contributed by atoms with Crippen molar-refractivity contribution in [2.45, 2.75) is 149 Å². The summed E-state index contributed by atoms with van der Waals surface area (Å²) in [5.74, 6) is 0. The highest BCUT2D eigenvalue weighted by atomic mass is 28.3. The van der Waals surface area contributed by atoms with Gasteiger partial charge in [-0.05, 0) is 128 Å². The first kappa shape index (κ1) is 45.5. The number of nitrogens with zero attached hydrogens (tertiary/aromatic N) is 2. The van der Waals surface area contributed by atoms with E-state index in [1.165, 1.54) is 157 Å². The first-order valence-electron chi connectivity index (χ1n) is 25.6. The molecule has 338 valence electrons. The molecule has 1 aliphatic carbocycles. The highest BCUT2D eigenvalue weighted by molar-refractivity contribution is 7.03. The molecular formula is C61H76N2Si2. The van der Waals surface area contributed by atoms with E-state index in [1.807, 2.05) is 0 Å². The predicted octanol–water partition coefficient (Wildman–Crippen LogP) is 15.2. The van der Waals surface area contributed by atoms with E-state index < -0.39 is 16.1 Å². The van der Waals surface area contributed by atoms with Gasteiger partial charge in [0.2, 0.25) is 0 Å². The highest BCUT2D eigenvalue weighted by Gasteiger charge is 2.44. The molecule has 0 radical (unpaired) electrons. The van der Waals surface area contributed by atoms with E-state index in [1.54, 1.807) is 31.9 Å². The monoisotopic (exact) mass is 893 g/mol. The van der Waals surface area contributed by atoms with Crippen molar-refractivity contribution in [1.29, 1.82) is 0 Å². The lowest BCUT2D eigenvalue weighted by molar-refractivity contribution is 0.398. The van der Waals surface area contributed by atoms with E-state index in [2.05, 4.69) is 187 Å². The van der Waals surface area contributed by atoms with Crippen LogP contribution in [0.3, 0.4) is 0 Å². The van der Waals surface area contributed by atoms with E-state index in [9.17, 15) is 0 Å². The van der Waals surface area contributed by atoms with E-state index in [0.717, 1.165) is 0 Å². The van der Waals surface area contributed by atoms with Gasteiger partial charge in [-0.1, -0.05) is 201 Å². The van der Waals surface area contributed by atoms with Gasteiger partial charge in [-0.3, -0.25) is 0 Å². The number of unbranched alkanes of at least 4 members (excludes halogenated alkanes) is 10. The SMILES string of the molecule is CCCCCCCCC1(CCCCCCCC)c2cc(-c3ccc4c(c3)[Si](C)(C)c3cc(C)ccc3N4C)ccc2-c2ccc(-c3ccc4c(c3)[Si](C)(C)c3cc(C)ccc3N4C)cc21. The van der Waals surface area contributed by atoms with Crippen LogP contribution in [0.1, 0.15) is 126 Å². The second kappa shape index (κ2) is 18.2. The van der Waals surface area contributed by atoms with Gasteiger partial charge < -0.3 is 9.80 Å². The summed E-state index contributed by atoms with van der Waals surface area (Å²) in [6, 6.07) is 44.4. The quantitative estimate of drug-likeness (QED) is 0.0706. The minimum atomic E-state index is -1.96. The fraction of sp³-hybridized carbons (Fsp3) is 0.410. The number of rotatable bonds is 16. The lowest BCUT2D eigenvalue weighted by atomic mass is 9.70. The molecule has 0 saturated heterocycles. The molecular weight excluding hydrogens is 817 g/mol. The molecule has 6 aromatic carbocycles. The Bertz CT molecular complexity index is 2540. The minimum absolute atomic E-state index is 0.00989. The normalized spacial score (nSPS) is 15.8. The summed E-state index contributed by atoms with van der Waals surface area (Å²) >= 11 is 0. The van der Waals surface area contributed by atoms with Crippen LogP contribution >= 0.6 is 0 Å². The molecule has 4 heteroatoms. The van der Waals surface area contributed by atoms with Crippen molar-refractivity contribution in [3.05, 3.63) is 131 Å². The highest BCUT2D eigenvalue weighted by Crippen LogP contribution is 2.56. The third-order valence-electron chi connectivity index (χ3n) is 16.4. The van der Waals surface area contributed by atoms with Crippen LogP contribution in [0, 0.1) is 13.8 Å². The molecule has 0 aromatic heterocycles. The van der Waals surface area contributed by atoms with Crippen LogP contribution in [0.25, 0.3) is 33.4 Å². The molecule has 2 aliphatic heterocycles. The molecule has 0 amide bonds. The maximum atomic E-state index is 2.67. The fourth-order valence-electron chi connectivity index (χ4n) is 12.4. The third kappa shape index (κ3) is 8.09. The third-order valence-corrected chi connectivity index (χ3v) is 23.4. The molecule has 2 heterocycles. The Morgan fingerprint density at radius 1 is 0.385 bits per heavy atom. The van der Waals surface area contributed by atoms with E-state index in [0.29, 0.717) is 0 Å². The zero-order chi connectivity index (χ0) is 45.7. The van der Waals surface area contributed by atoms with E-state index >= 15 is 0 Å². The van der Waals surface area contributed by atoms with Gasteiger partial charge in [-0.25, -0.2) is 0 Å². The summed E-state index contributed by atoms with van der Waals surface area (Å²) in [6.07, 6.45) is 18.3. The van der Waals surface area contributed by atoms with Crippen molar-refractivity contribution in [2.75, 3.05) is 23.9 Å². The van der Waals surface area contributed by atoms with Gasteiger partial charge in [0.25, 0.3) is 0 Å². The van der Waals surface area contributed by atoms with Crippen molar-refractivity contribution < 1.29 is 0 Å². The summed E-state index contributed by atoms with van der Waals surface area (Å²) in [6.45, 7) is 19.4. The second-order valence-corrected chi connectivity index (χ2v) is 30.2. The summed E-state index contributed by atoms with van der Waals surface area (Å²) in [5.41, 5.74) is 19.8. The van der Waals surface area contributed by atoms with Gasteiger partial charge in [0.05, 0.1) is 0 Å². The van der Waals surface area contributed by atoms with Crippen molar-refractivity contribution >= 4 is 59.6 Å². The molecule has 0 atom stereocenters. The Hall–Kier alpha value is -4.65. The Morgan fingerprint density at radius 2 is 0.708 bits per heavy atom. The molecule has 0 N–H and O–H groups in total. The molecule has 2 nitrogen and oxygen atoms in total.